The molecule has 12 heteroatoms. The Balaban J connectivity index is 1.67. The molecule has 0 aliphatic heterocycles. The van der Waals surface area contributed by atoms with Crippen molar-refractivity contribution in [2.24, 2.45) is 0 Å². The fourth-order valence-electron chi connectivity index (χ4n) is 3.43. The second kappa shape index (κ2) is 13.3. The van der Waals surface area contributed by atoms with Gasteiger partial charge in [-0.2, -0.15) is 9.47 Å². The lowest BCUT2D eigenvalue weighted by Crippen LogP contribution is -2.32. The Kier molecular flexibility index (Phi) is 9.86. The highest BCUT2D eigenvalue weighted by atomic mass is 35.5. The predicted molar refractivity (Wildman–Crippen MR) is 150 cm³/mol. The molecular formula is C27H23ClN6O4S. The Hall–Kier alpha value is -4.60. The smallest absolute Gasteiger partial charge is 0.306 e. The number of benzene rings is 3. The van der Waals surface area contributed by atoms with Crippen molar-refractivity contribution in [1.82, 2.24) is 4.83 Å². The first-order chi connectivity index (χ1) is 18.7. The van der Waals surface area contributed by atoms with Crippen LogP contribution in [0.1, 0.15) is 30.0 Å². The summed E-state index contributed by atoms with van der Waals surface area (Å²) in [6, 6.07) is 14.6. The summed E-state index contributed by atoms with van der Waals surface area (Å²) in [6.45, 7) is 20.0. The lowest BCUT2D eigenvalue weighted by molar-refractivity contribution is -0.122. The van der Waals surface area contributed by atoms with E-state index >= 15 is 0 Å². The molecule has 3 aromatic carbocycles. The minimum absolute atomic E-state index is 0.0103. The molecule has 0 aliphatic carbocycles. The van der Waals surface area contributed by atoms with E-state index < -0.39 is 17.4 Å². The van der Waals surface area contributed by atoms with Crippen LogP contribution in [0.25, 0.3) is 9.69 Å². The number of anilines is 2. The van der Waals surface area contributed by atoms with E-state index in [2.05, 4.69) is 25.3 Å². The van der Waals surface area contributed by atoms with E-state index in [0.29, 0.717) is 17.9 Å². The van der Waals surface area contributed by atoms with Crippen LogP contribution in [0.15, 0.2) is 48.5 Å². The van der Waals surface area contributed by atoms with Gasteiger partial charge < -0.3 is 19.7 Å². The maximum atomic E-state index is 12.9. The van der Waals surface area contributed by atoms with Crippen molar-refractivity contribution in [3.63, 3.8) is 0 Å². The third-order valence-electron chi connectivity index (χ3n) is 5.37. The van der Waals surface area contributed by atoms with Crippen molar-refractivity contribution >= 4 is 51.5 Å². The lowest BCUT2D eigenvalue weighted by atomic mass is 10.1. The molecule has 2 unspecified atom stereocenters. The van der Waals surface area contributed by atoms with Gasteiger partial charge in [0.05, 0.1) is 35.5 Å². The van der Waals surface area contributed by atoms with Crippen molar-refractivity contribution < 1.29 is 17.9 Å². The van der Waals surface area contributed by atoms with Gasteiger partial charge in [-0.25, -0.2) is 0 Å². The zero-order valence-corrected chi connectivity index (χ0v) is 22.7. The lowest BCUT2D eigenvalue weighted by Gasteiger charge is -2.19. The highest BCUT2D eigenvalue weighted by molar-refractivity contribution is 7.78. The normalized spacial score (nSPS) is 11.7. The standard InChI is InChI=1S/C27H23ClN6O4S/c1-6-24(37-25-10-7-16(2)11-17(25)3)27(35)32-19-8-9-20(28)26(13-19)38-39(36)34-33-21-14-23(31-5)22(30-4)12-18(21)15-29/h7-14,24,33-34H,6H2,1-3H3,(H,32,35). The number of ether oxygens (including phenoxy) is 1. The van der Waals surface area contributed by atoms with Gasteiger partial charge in [0.25, 0.3) is 5.91 Å². The van der Waals surface area contributed by atoms with Gasteiger partial charge in [0.15, 0.2) is 23.2 Å². The number of halogens is 1. The van der Waals surface area contributed by atoms with Crippen LogP contribution < -0.4 is 24.5 Å². The zero-order valence-electron chi connectivity index (χ0n) is 21.2. The van der Waals surface area contributed by atoms with Gasteiger partial charge in [-0.1, -0.05) is 36.2 Å². The van der Waals surface area contributed by atoms with E-state index in [1.807, 2.05) is 45.0 Å². The van der Waals surface area contributed by atoms with Gasteiger partial charge in [-0.15, -0.1) is 4.83 Å². The molecule has 0 aromatic heterocycles. The van der Waals surface area contributed by atoms with Gasteiger partial charge in [0, 0.05) is 11.8 Å². The Morgan fingerprint density at radius 2 is 1.82 bits per heavy atom. The fraction of sp³-hybridized carbons (Fsp3) is 0.185. The molecule has 0 saturated heterocycles. The zero-order chi connectivity index (χ0) is 28.5. The number of hydrogen-bond acceptors (Lipinski definition) is 6. The molecule has 0 heterocycles. The molecular weight excluding hydrogens is 540 g/mol. The van der Waals surface area contributed by atoms with Crippen LogP contribution in [0.3, 0.4) is 0 Å². The molecule has 39 heavy (non-hydrogen) atoms. The molecule has 0 spiro atoms. The van der Waals surface area contributed by atoms with Crippen molar-refractivity contribution in [2.75, 3.05) is 10.7 Å². The first kappa shape index (κ1) is 29.0. The Bertz CT molecular complexity index is 1560. The largest absolute Gasteiger partial charge is 0.480 e. The molecule has 3 aromatic rings. The second-order valence-electron chi connectivity index (χ2n) is 8.19. The number of aryl methyl sites for hydroxylation is 2. The van der Waals surface area contributed by atoms with Crippen molar-refractivity contribution in [3.05, 3.63) is 93.1 Å². The van der Waals surface area contributed by atoms with Crippen molar-refractivity contribution in [3.8, 4) is 17.6 Å². The molecule has 1 amide bonds. The van der Waals surface area contributed by atoms with Crippen molar-refractivity contribution in [2.45, 2.75) is 33.3 Å². The molecule has 0 aliphatic rings. The van der Waals surface area contributed by atoms with Gasteiger partial charge >= 0.3 is 11.3 Å². The van der Waals surface area contributed by atoms with Gasteiger partial charge in [0.2, 0.25) is 0 Å². The maximum absolute atomic E-state index is 12.9. The van der Waals surface area contributed by atoms with E-state index in [9.17, 15) is 14.3 Å². The van der Waals surface area contributed by atoms with Gasteiger partial charge in [-0.05, 0) is 56.2 Å². The topological polar surface area (TPSA) is 121 Å². The number of carbonyl (C=O) groups is 1. The van der Waals surface area contributed by atoms with Crippen LogP contribution in [0.2, 0.25) is 5.02 Å². The van der Waals surface area contributed by atoms with Crippen LogP contribution in [-0.4, -0.2) is 16.2 Å². The third-order valence-corrected chi connectivity index (χ3v) is 6.28. The first-order valence-corrected chi connectivity index (χ1v) is 12.9. The Morgan fingerprint density at radius 1 is 1.10 bits per heavy atom. The molecule has 0 saturated carbocycles. The number of hydrogen-bond donors (Lipinski definition) is 3. The molecule has 3 N–H and O–H groups in total. The summed E-state index contributed by atoms with van der Waals surface area (Å²) >= 11 is 3.99. The van der Waals surface area contributed by atoms with Crippen molar-refractivity contribution in [1.29, 1.82) is 5.26 Å². The average Bonchev–Trinajstić information content (AvgIpc) is 2.92. The molecule has 3 rings (SSSR count). The van der Waals surface area contributed by atoms with E-state index in [0.717, 1.165) is 11.1 Å². The SMILES string of the molecule is [C-]#[N+]c1cc(C#N)c(NNS(=O)Oc2cc(NC(=O)C(CC)Oc3ccc(C)cc3C)ccc2Cl)cc1[N+]#[C-]. The molecule has 10 nitrogen and oxygen atoms in total. The number of carbonyl (C=O) groups excluding carboxylic acids is 1. The number of nitriles is 1. The molecule has 0 radical (unpaired) electrons. The molecule has 198 valence electrons. The summed E-state index contributed by atoms with van der Waals surface area (Å²) in [5, 5.41) is 12.2. The van der Waals surface area contributed by atoms with E-state index in [1.165, 1.54) is 24.3 Å². The minimum Gasteiger partial charge on any atom is -0.480 e. The van der Waals surface area contributed by atoms with E-state index in [4.69, 9.17) is 33.7 Å². The van der Waals surface area contributed by atoms with Crippen LogP contribution in [0.5, 0.6) is 11.5 Å². The number of nitrogens with one attached hydrogen (secondary N) is 3. The summed E-state index contributed by atoms with van der Waals surface area (Å²) in [5.74, 6) is 0.244. The summed E-state index contributed by atoms with van der Waals surface area (Å²) in [4.78, 5) is 21.8. The quantitative estimate of drug-likeness (QED) is 0.197. The van der Waals surface area contributed by atoms with Gasteiger partial charge in [-0.3, -0.25) is 14.5 Å². The maximum Gasteiger partial charge on any atom is 0.306 e. The fourth-order valence-corrected chi connectivity index (χ4v) is 4.16. The van der Waals surface area contributed by atoms with E-state index in [-0.39, 0.29) is 39.3 Å². The second-order valence-corrected chi connectivity index (χ2v) is 9.43. The first-order valence-electron chi connectivity index (χ1n) is 11.5. The van der Waals surface area contributed by atoms with Crippen LogP contribution in [0.4, 0.5) is 22.7 Å². The summed E-state index contributed by atoms with van der Waals surface area (Å²) < 4.78 is 23.8. The number of hydrazine groups is 1. The summed E-state index contributed by atoms with van der Waals surface area (Å²) in [7, 11) is 0. The number of rotatable bonds is 10. The Morgan fingerprint density at radius 3 is 2.46 bits per heavy atom. The molecule has 2 atom stereocenters. The van der Waals surface area contributed by atoms with E-state index in [1.54, 1.807) is 6.07 Å². The monoisotopic (exact) mass is 562 g/mol. The molecule has 0 fully saturated rings. The highest BCUT2D eigenvalue weighted by Gasteiger charge is 2.20. The Labute approximate surface area is 233 Å². The van der Waals surface area contributed by atoms with Crippen LogP contribution in [-0.2, 0) is 16.1 Å². The number of nitrogens with zero attached hydrogens (tertiary/aromatic N) is 3. The average molecular weight is 563 g/mol. The summed E-state index contributed by atoms with van der Waals surface area (Å²) in [5.41, 5.74) is 5.16. The summed E-state index contributed by atoms with van der Waals surface area (Å²) in [6.07, 6.45) is -0.331. The highest BCUT2D eigenvalue weighted by Crippen LogP contribution is 2.34. The van der Waals surface area contributed by atoms with Crippen LogP contribution >= 0.6 is 11.6 Å². The van der Waals surface area contributed by atoms with Crippen LogP contribution in [0, 0.1) is 38.3 Å². The van der Waals surface area contributed by atoms with Gasteiger partial charge in [0.1, 0.15) is 5.75 Å². The third kappa shape index (κ3) is 7.47. The molecule has 0 bridgehead atoms. The minimum atomic E-state index is -2.20. The predicted octanol–water partition coefficient (Wildman–Crippen LogP) is 6.30. The number of amides is 1.